The van der Waals surface area contributed by atoms with Gasteiger partial charge in [0, 0.05) is 6.54 Å². The molecule has 0 amide bonds. The molecule has 0 unspecified atom stereocenters. The molecule has 0 spiro atoms. The molecule has 0 radical (unpaired) electrons. The van der Waals surface area contributed by atoms with Crippen LogP contribution in [0.1, 0.15) is 12.5 Å². The van der Waals surface area contributed by atoms with Crippen molar-refractivity contribution in [2.24, 2.45) is 0 Å². The largest absolute Gasteiger partial charge is 0.336 e. The highest BCUT2D eigenvalue weighted by molar-refractivity contribution is 6.32. The van der Waals surface area contributed by atoms with E-state index >= 15 is 0 Å². The fourth-order valence-electron chi connectivity index (χ4n) is 2.13. The summed E-state index contributed by atoms with van der Waals surface area (Å²) >= 11 is 6.20. The van der Waals surface area contributed by atoms with Crippen LogP contribution in [-0.4, -0.2) is 11.4 Å². The van der Waals surface area contributed by atoms with Gasteiger partial charge in [-0.1, -0.05) is 54.6 Å². The van der Waals surface area contributed by atoms with E-state index in [1.54, 1.807) is 0 Å². The number of allylic oxidation sites excluding steroid dienone is 3. The molecule has 92 valence electrons. The van der Waals surface area contributed by atoms with Crippen molar-refractivity contribution in [1.82, 2.24) is 4.90 Å². The normalized spacial score (nSPS) is 15.8. The van der Waals surface area contributed by atoms with E-state index in [0.717, 1.165) is 17.0 Å². The molecule has 1 aliphatic rings. The molecule has 0 bridgehead atoms. The Balaban J connectivity index is 2.55. The second kappa shape index (κ2) is 5.28. The van der Waals surface area contributed by atoms with E-state index in [9.17, 15) is 0 Å². The Morgan fingerprint density at radius 2 is 1.94 bits per heavy atom. The maximum Gasteiger partial charge on any atom is 0.0640 e. The fraction of sp³-hybridized carbons (Fsp3) is 0.125. The Morgan fingerprint density at radius 1 is 1.28 bits per heavy atom. The van der Waals surface area contributed by atoms with Crippen LogP contribution in [0.15, 0.2) is 71.9 Å². The zero-order chi connectivity index (χ0) is 13.1. The van der Waals surface area contributed by atoms with E-state index in [0.29, 0.717) is 11.6 Å². The van der Waals surface area contributed by atoms with Crippen molar-refractivity contribution in [3.63, 3.8) is 0 Å². The average molecular weight is 258 g/mol. The van der Waals surface area contributed by atoms with Crippen molar-refractivity contribution in [3.05, 3.63) is 77.5 Å². The first-order chi connectivity index (χ1) is 8.65. The quantitative estimate of drug-likeness (QED) is 0.718. The lowest BCUT2D eigenvalue weighted by molar-refractivity contribution is 0.552. The van der Waals surface area contributed by atoms with Crippen molar-refractivity contribution >= 4 is 17.3 Å². The maximum absolute atomic E-state index is 6.20. The molecule has 0 atom stereocenters. The summed E-state index contributed by atoms with van der Waals surface area (Å²) in [7, 11) is 0. The molecule has 0 N–H and O–H groups in total. The number of rotatable bonds is 3. The highest BCUT2D eigenvalue weighted by Crippen LogP contribution is 2.35. The maximum atomic E-state index is 6.20. The Hall–Kier alpha value is -1.73. The molecule has 1 aromatic rings. The highest BCUT2D eigenvalue weighted by atomic mass is 35.5. The predicted molar refractivity (Wildman–Crippen MR) is 79.0 cm³/mol. The van der Waals surface area contributed by atoms with Gasteiger partial charge in [-0.05, 0) is 24.1 Å². The predicted octanol–water partition coefficient (Wildman–Crippen LogP) is 4.56. The zero-order valence-corrected chi connectivity index (χ0v) is 11.2. The van der Waals surface area contributed by atoms with Gasteiger partial charge in [-0.3, -0.25) is 0 Å². The molecule has 1 heterocycles. The first-order valence-electron chi connectivity index (χ1n) is 5.86. The third-order valence-corrected chi connectivity index (χ3v) is 3.27. The van der Waals surface area contributed by atoms with Crippen molar-refractivity contribution in [1.29, 1.82) is 0 Å². The van der Waals surface area contributed by atoms with Gasteiger partial charge in [-0.2, -0.15) is 0 Å². The molecule has 0 aliphatic carbocycles. The summed E-state index contributed by atoms with van der Waals surface area (Å²) in [4.78, 5) is 2.10. The van der Waals surface area contributed by atoms with E-state index in [1.165, 1.54) is 5.56 Å². The average Bonchev–Trinajstić information content (AvgIpc) is 2.37. The van der Waals surface area contributed by atoms with Crippen LogP contribution in [0.2, 0.25) is 0 Å². The molecular formula is C16H16ClN. The second-order valence-corrected chi connectivity index (χ2v) is 4.64. The van der Waals surface area contributed by atoms with Crippen LogP contribution >= 0.6 is 11.6 Å². The summed E-state index contributed by atoms with van der Waals surface area (Å²) in [5, 5.41) is 0.689. The molecule has 2 rings (SSSR count). The number of nitrogens with zero attached hydrogens (tertiary/aromatic N) is 1. The number of halogens is 1. The van der Waals surface area contributed by atoms with Crippen molar-refractivity contribution in [3.8, 4) is 0 Å². The molecular weight excluding hydrogens is 242 g/mol. The van der Waals surface area contributed by atoms with Crippen LogP contribution in [0.4, 0.5) is 0 Å². The Labute approximate surface area is 113 Å². The molecule has 1 aromatic carbocycles. The summed E-state index contributed by atoms with van der Waals surface area (Å²) in [6, 6.07) is 10.3. The molecule has 0 saturated carbocycles. The molecule has 18 heavy (non-hydrogen) atoms. The first-order valence-corrected chi connectivity index (χ1v) is 6.24. The zero-order valence-electron chi connectivity index (χ0n) is 10.5. The van der Waals surface area contributed by atoms with Gasteiger partial charge >= 0.3 is 0 Å². The van der Waals surface area contributed by atoms with Crippen LogP contribution in [0.25, 0.3) is 5.70 Å². The van der Waals surface area contributed by atoms with Gasteiger partial charge < -0.3 is 4.90 Å². The lowest BCUT2D eigenvalue weighted by atomic mass is 10.0. The van der Waals surface area contributed by atoms with Crippen LogP contribution in [0.3, 0.4) is 0 Å². The number of hydrogen-bond acceptors (Lipinski definition) is 1. The molecule has 2 heteroatoms. The van der Waals surface area contributed by atoms with Crippen molar-refractivity contribution in [2.75, 3.05) is 6.54 Å². The van der Waals surface area contributed by atoms with Crippen LogP contribution in [0.5, 0.6) is 0 Å². The van der Waals surface area contributed by atoms with Gasteiger partial charge in [0.15, 0.2) is 0 Å². The van der Waals surface area contributed by atoms with E-state index in [4.69, 9.17) is 11.6 Å². The minimum absolute atomic E-state index is 0.689. The monoisotopic (exact) mass is 257 g/mol. The Morgan fingerprint density at radius 3 is 2.56 bits per heavy atom. The summed E-state index contributed by atoms with van der Waals surface area (Å²) in [5.74, 6) is 0. The minimum atomic E-state index is 0.689. The van der Waals surface area contributed by atoms with E-state index in [1.807, 2.05) is 30.4 Å². The lowest BCUT2D eigenvalue weighted by Gasteiger charge is -2.32. The topological polar surface area (TPSA) is 3.24 Å². The first kappa shape index (κ1) is 12.7. The third-order valence-electron chi connectivity index (χ3n) is 2.95. The Bertz CT molecular complexity index is 537. The van der Waals surface area contributed by atoms with Gasteiger partial charge in [-0.25, -0.2) is 0 Å². The second-order valence-electron chi connectivity index (χ2n) is 4.24. The number of benzene rings is 1. The molecule has 0 aromatic heterocycles. The van der Waals surface area contributed by atoms with Gasteiger partial charge in [0.25, 0.3) is 0 Å². The third kappa shape index (κ3) is 2.27. The standard InChI is InChI=1S/C16H16ClN/c1-4-10-18-13(3)15(17)11-12(2)16(18)14-8-6-5-7-9-14/h4-9,11H,1,3,10H2,2H3. The molecule has 1 aliphatic heterocycles. The summed E-state index contributed by atoms with van der Waals surface area (Å²) in [6.45, 7) is 10.6. The van der Waals surface area contributed by atoms with Crippen molar-refractivity contribution in [2.45, 2.75) is 6.92 Å². The lowest BCUT2D eigenvalue weighted by Crippen LogP contribution is -2.24. The smallest absolute Gasteiger partial charge is 0.0640 e. The van der Waals surface area contributed by atoms with Crippen LogP contribution in [0, 0.1) is 0 Å². The van der Waals surface area contributed by atoms with Crippen LogP contribution in [-0.2, 0) is 0 Å². The highest BCUT2D eigenvalue weighted by Gasteiger charge is 2.21. The van der Waals surface area contributed by atoms with Gasteiger partial charge in [0.05, 0.1) is 16.4 Å². The molecule has 0 saturated heterocycles. The van der Waals surface area contributed by atoms with Gasteiger partial charge in [0.1, 0.15) is 0 Å². The van der Waals surface area contributed by atoms with E-state index < -0.39 is 0 Å². The SMILES string of the molecule is C=CCN1C(=C)C(Cl)=CC(C)=C1c1ccccc1. The Kier molecular flexibility index (Phi) is 3.73. The van der Waals surface area contributed by atoms with Crippen molar-refractivity contribution < 1.29 is 0 Å². The summed E-state index contributed by atoms with van der Waals surface area (Å²) < 4.78 is 0. The van der Waals surface area contributed by atoms with Gasteiger partial charge in [-0.15, -0.1) is 6.58 Å². The van der Waals surface area contributed by atoms with E-state index in [2.05, 4.69) is 37.1 Å². The number of hydrogen-bond donors (Lipinski definition) is 0. The summed E-state index contributed by atoms with van der Waals surface area (Å²) in [5.41, 5.74) is 4.27. The minimum Gasteiger partial charge on any atom is -0.336 e. The molecule has 1 nitrogen and oxygen atoms in total. The van der Waals surface area contributed by atoms with E-state index in [-0.39, 0.29) is 0 Å². The molecule has 0 fully saturated rings. The summed E-state index contributed by atoms with van der Waals surface area (Å²) in [6.07, 6.45) is 3.82. The van der Waals surface area contributed by atoms with Crippen LogP contribution < -0.4 is 0 Å². The fourth-order valence-corrected chi connectivity index (χ4v) is 2.39. The van der Waals surface area contributed by atoms with Gasteiger partial charge in [0.2, 0.25) is 0 Å².